The number of rotatable bonds is 1. The van der Waals surface area contributed by atoms with Crippen LogP contribution in [0.3, 0.4) is 0 Å². The van der Waals surface area contributed by atoms with Crippen LogP contribution in [0.5, 0.6) is 0 Å². The van der Waals surface area contributed by atoms with Crippen LogP contribution >= 0.6 is 0 Å². The Morgan fingerprint density at radius 1 is 0.909 bits per heavy atom. The highest BCUT2D eigenvalue weighted by molar-refractivity contribution is 5.98. The zero-order valence-corrected chi connectivity index (χ0v) is 11.0. The molecule has 8 heteroatoms. The highest BCUT2D eigenvalue weighted by Gasteiger charge is 2.17. The number of fused-ring (bicyclic) bond motifs is 3. The smallest absolute Gasteiger partial charge is 0.327 e. The third-order valence-corrected chi connectivity index (χ3v) is 3.27. The third kappa shape index (κ3) is 1.71. The van der Waals surface area contributed by atoms with Crippen LogP contribution in [0.1, 0.15) is 0 Å². The van der Waals surface area contributed by atoms with Crippen LogP contribution in [0.25, 0.3) is 33.6 Å². The van der Waals surface area contributed by atoms with Crippen LogP contribution in [0.2, 0.25) is 0 Å². The lowest BCUT2D eigenvalue weighted by atomic mass is 10.2. The van der Waals surface area contributed by atoms with Gasteiger partial charge in [-0.3, -0.25) is 19.6 Å². The number of nitrogens with zero attached hydrogens (tertiary/aromatic N) is 1. The van der Waals surface area contributed by atoms with E-state index >= 15 is 0 Å². The Bertz CT molecular complexity index is 1180. The highest BCUT2D eigenvalue weighted by Crippen LogP contribution is 2.24. The van der Waals surface area contributed by atoms with Crippen LogP contribution in [0.4, 0.5) is 0 Å². The van der Waals surface area contributed by atoms with Crippen molar-refractivity contribution in [2.75, 3.05) is 0 Å². The molecule has 108 valence electrons. The van der Waals surface area contributed by atoms with Crippen molar-refractivity contribution >= 4 is 22.1 Å². The van der Waals surface area contributed by atoms with Gasteiger partial charge in [-0.15, -0.1) is 0 Å². The largest absolute Gasteiger partial charge is 0.435 e. The molecule has 22 heavy (non-hydrogen) atoms. The molecule has 0 saturated heterocycles. The third-order valence-electron chi connectivity index (χ3n) is 3.27. The Hall–Kier alpha value is -3.42. The second-order valence-corrected chi connectivity index (χ2v) is 4.68. The molecule has 0 bridgehead atoms. The second-order valence-electron chi connectivity index (χ2n) is 4.68. The summed E-state index contributed by atoms with van der Waals surface area (Å²) in [6.45, 7) is 0. The monoisotopic (exact) mass is 296 g/mol. The molecule has 0 unspecified atom stereocenters. The normalized spacial score (nSPS) is 11.3. The van der Waals surface area contributed by atoms with Gasteiger partial charge in [0, 0.05) is 5.56 Å². The number of aromatic nitrogens is 4. The summed E-state index contributed by atoms with van der Waals surface area (Å²) in [5.41, 5.74) is -1.20. The number of benzene rings is 1. The maximum atomic E-state index is 12.0. The van der Waals surface area contributed by atoms with E-state index in [1.165, 1.54) is 0 Å². The molecule has 0 aliphatic heterocycles. The zero-order valence-electron chi connectivity index (χ0n) is 11.0. The van der Waals surface area contributed by atoms with Crippen molar-refractivity contribution in [3.05, 3.63) is 61.5 Å². The molecule has 8 nitrogen and oxygen atoms in total. The summed E-state index contributed by atoms with van der Waals surface area (Å²) in [5, 5.41) is 0.0453. The fourth-order valence-corrected chi connectivity index (χ4v) is 2.32. The molecule has 3 N–H and O–H groups in total. The number of hydrogen-bond donors (Lipinski definition) is 3. The Labute approximate surface area is 120 Å². The first-order chi connectivity index (χ1) is 10.6. The van der Waals surface area contributed by atoms with E-state index in [2.05, 4.69) is 19.9 Å². The lowest BCUT2D eigenvalue weighted by Crippen LogP contribution is -2.24. The second kappa shape index (κ2) is 4.29. The minimum Gasteiger partial charge on any atom is -0.435 e. The maximum absolute atomic E-state index is 12.0. The molecule has 3 heterocycles. The first-order valence-electron chi connectivity index (χ1n) is 6.38. The van der Waals surface area contributed by atoms with Crippen LogP contribution in [0.15, 0.2) is 49.1 Å². The van der Waals surface area contributed by atoms with Crippen LogP contribution < -0.4 is 16.8 Å². The van der Waals surface area contributed by atoms with Gasteiger partial charge < -0.3 is 9.40 Å². The van der Waals surface area contributed by atoms with E-state index < -0.39 is 16.8 Å². The Balaban J connectivity index is 2.18. The number of hydrogen-bond acceptors (Lipinski definition) is 5. The molecule has 0 radical (unpaired) electrons. The lowest BCUT2D eigenvalue weighted by molar-refractivity contribution is 0.622. The molecule has 0 aliphatic carbocycles. The number of pyridine rings is 1. The summed E-state index contributed by atoms with van der Waals surface area (Å²) >= 11 is 0. The van der Waals surface area contributed by atoms with E-state index in [9.17, 15) is 14.4 Å². The quantitative estimate of drug-likeness (QED) is 0.477. The van der Waals surface area contributed by atoms with Crippen molar-refractivity contribution in [2.45, 2.75) is 0 Å². The fraction of sp³-hybridized carbons (Fsp3) is 0. The molecule has 0 atom stereocenters. The fourth-order valence-electron chi connectivity index (χ4n) is 2.32. The lowest BCUT2D eigenvalue weighted by Gasteiger charge is -1.95. The van der Waals surface area contributed by atoms with Crippen molar-refractivity contribution in [3.8, 4) is 11.5 Å². The van der Waals surface area contributed by atoms with Gasteiger partial charge in [0.2, 0.25) is 5.89 Å². The summed E-state index contributed by atoms with van der Waals surface area (Å²) in [6.07, 6.45) is 0. The number of aromatic amines is 3. The summed E-state index contributed by atoms with van der Waals surface area (Å²) in [5.74, 6) is 0.221. The van der Waals surface area contributed by atoms with E-state index in [4.69, 9.17) is 4.42 Å². The van der Waals surface area contributed by atoms with Gasteiger partial charge in [-0.2, -0.15) is 0 Å². The number of H-pyrrole nitrogens is 3. The van der Waals surface area contributed by atoms with Crippen molar-refractivity contribution in [1.29, 1.82) is 0 Å². The minimum atomic E-state index is -0.713. The average Bonchev–Trinajstić information content (AvgIpc) is 2.93. The van der Waals surface area contributed by atoms with Crippen LogP contribution in [-0.4, -0.2) is 19.9 Å². The molecule has 4 rings (SSSR count). The highest BCUT2D eigenvalue weighted by atomic mass is 16.3. The van der Waals surface area contributed by atoms with Crippen molar-refractivity contribution in [3.63, 3.8) is 0 Å². The van der Waals surface area contributed by atoms with Crippen LogP contribution in [0, 0.1) is 0 Å². The van der Waals surface area contributed by atoms with Crippen LogP contribution in [-0.2, 0) is 0 Å². The summed E-state index contributed by atoms with van der Waals surface area (Å²) in [6, 6.07) is 8.98. The average molecular weight is 296 g/mol. The van der Waals surface area contributed by atoms with Gasteiger partial charge >= 0.3 is 5.69 Å². The number of nitrogens with one attached hydrogen (secondary N) is 3. The number of oxazole rings is 1. The van der Waals surface area contributed by atoms with Gasteiger partial charge in [0.05, 0.1) is 0 Å². The van der Waals surface area contributed by atoms with Gasteiger partial charge in [-0.1, -0.05) is 18.2 Å². The van der Waals surface area contributed by atoms with Crippen molar-refractivity contribution in [1.82, 2.24) is 19.9 Å². The van der Waals surface area contributed by atoms with Gasteiger partial charge in [-0.05, 0) is 12.1 Å². The molecule has 3 aromatic heterocycles. The van der Waals surface area contributed by atoms with Gasteiger partial charge in [0.15, 0.2) is 11.1 Å². The van der Waals surface area contributed by atoms with Gasteiger partial charge in [0.25, 0.3) is 11.1 Å². The SMILES string of the molecule is O=c1[nH]c(=O)c2c([nH]1)[nH]c(=O)c1nc(-c3ccccc3)oc12. The van der Waals surface area contributed by atoms with Crippen molar-refractivity contribution < 1.29 is 4.42 Å². The summed E-state index contributed by atoms with van der Waals surface area (Å²) < 4.78 is 5.60. The minimum absolute atomic E-state index is 0.00186. The summed E-state index contributed by atoms with van der Waals surface area (Å²) in [7, 11) is 0. The first-order valence-corrected chi connectivity index (χ1v) is 6.38. The maximum Gasteiger partial charge on any atom is 0.327 e. The van der Waals surface area contributed by atoms with E-state index in [-0.39, 0.29) is 28.0 Å². The predicted molar refractivity (Wildman–Crippen MR) is 78.8 cm³/mol. The molecular formula is C14H8N4O4. The van der Waals surface area contributed by atoms with E-state index in [0.29, 0.717) is 5.56 Å². The first kappa shape index (κ1) is 12.3. The molecule has 0 saturated carbocycles. The molecule has 4 aromatic rings. The van der Waals surface area contributed by atoms with Gasteiger partial charge in [0.1, 0.15) is 11.0 Å². The van der Waals surface area contributed by atoms with E-state index in [1.54, 1.807) is 24.3 Å². The molecule has 1 aromatic carbocycles. The topological polar surface area (TPSA) is 125 Å². The molecule has 0 fully saturated rings. The van der Waals surface area contributed by atoms with Crippen molar-refractivity contribution in [2.24, 2.45) is 0 Å². The molecule has 0 spiro atoms. The summed E-state index contributed by atoms with van der Waals surface area (Å²) in [4.78, 5) is 46.4. The van der Waals surface area contributed by atoms with Gasteiger partial charge in [-0.25, -0.2) is 9.78 Å². The standard InChI is InChI=1S/C14H8N4O4/c19-11-7-9-8(12(20)16-10(7)17-14(21)18-11)15-13(22-9)6-4-2-1-3-5-6/h1-5H,(H3,16,17,18,19,20,21). The Morgan fingerprint density at radius 2 is 1.68 bits per heavy atom. The molecule has 0 amide bonds. The zero-order chi connectivity index (χ0) is 15.3. The molecular weight excluding hydrogens is 288 g/mol. The van der Waals surface area contributed by atoms with E-state index in [1.807, 2.05) is 6.07 Å². The predicted octanol–water partition coefficient (Wildman–Crippen LogP) is 0.713. The Morgan fingerprint density at radius 3 is 2.45 bits per heavy atom. The molecule has 0 aliphatic rings. The van der Waals surface area contributed by atoms with E-state index in [0.717, 1.165) is 0 Å². The Kier molecular flexibility index (Phi) is 2.40.